The van der Waals surface area contributed by atoms with E-state index >= 15 is 0 Å². The Balaban J connectivity index is 1.91. The molecule has 0 fully saturated rings. The summed E-state index contributed by atoms with van der Waals surface area (Å²) in [6.45, 7) is 0.611. The molecule has 0 saturated carbocycles. The SMILES string of the molecule is NCC(CCc1cccs1)Cc1ccccc1F. The molecule has 96 valence electrons. The number of aryl methyl sites for hydroxylation is 1. The lowest BCUT2D eigenvalue weighted by molar-refractivity contribution is 0.482. The average molecular weight is 263 g/mol. The zero-order chi connectivity index (χ0) is 12.8. The minimum Gasteiger partial charge on any atom is -0.330 e. The van der Waals surface area contributed by atoms with Crippen molar-refractivity contribution in [3.8, 4) is 0 Å². The van der Waals surface area contributed by atoms with Crippen LogP contribution in [0.3, 0.4) is 0 Å². The van der Waals surface area contributed by atoms with Crippen molar-refractivity contribution in [2.75, 3.05) is 6.54 Å². The predicted molar refractivity (Wildman–Crippen MR) is 75.3 cm³/mol. The highest BCUT2D eigenvalue weighted by Crippen LogP contribution is 2.18. The van der Waals surface area contributed by atoms with Crippen LogP contribution in [0.5, 0.6) is 0 Å². The van der Waals surface area contributed by atoms with Crippen molar-refractivity contribution in [3.63, 3.8) is 0 Å². The minimum absolute atomic E-state index is 0.118. The summed E-state index contributed by atoms with van der Waals surface area (Å²) in [6, 6.07) is 11.2. The summed E-state index contributed by atoms with van der Waals surface area (Å²) in [6.07, 6.45) is 2.79. The number of rotatable bonds is 6. The van der Waals surface area contributed by atoms with Crippen LogP contribution in [0.25, 0.3) is 0 Å². The summed E-state index contributed by atoms with van der Waals surface area (Å²) in [5.41, 5.74) is 6.57. The lowest BCUT2D eigenvalue weighted by Crippen LogP contribution is -2.18. The van der Waals surface area contributed by atoms with Crippen LogP contribution >= 0.6 is 11.3 Å². The van der Waals surface area contributed by atoms with Gasteiger partial charge >= 0.3 is 0 Å². The summed E-state index contributed by atoms with van der Waals surface area (Å²) in [5.74, 6) is 0.232. The van der Waals surface area contributed by atoms with Gasteiger partial charge in [-0.1, -0.05) is 24.3 Å². The summed E-state index contributed by atoms with van der Waals surface area (Å²) in [7, 11) is 0. The Labute approximate surface area is 111 Å². The van der Waals surface area contributed by atoms with E-state index in [0.29, 0.717) is 12.5 Å². The number of hydrogen-bond donors (Lipinski definition) is 1. The molecule has 0 saturated heterocycles. The molecule has 1 aromatic carbocycles. The van der Waals surface area contributed by atoms with E-state index in [-0.39, 0.29) is 5.82 Å². The van der Waals surface area contributed by atoms with Crippen molar-refractivity contribution >= 4 is 11.3 Å². The van der Waals surface area contributed by atoms with Crippen molar-refractivity contribution < 1.29 is 4.39 Å². The maximum Gasteiger partial charge on any atom is 0.126 e. The third-order valence-electron chi connectivity index (χ3n) is 3.18. The lowest BCUT2D eigenvalue weighted by atomic mass is 9.94. The first-order valence-electron chi connectivity index (χ1n) is 6.25. The molecule has 1 unspecified atom stereocenters. The third-order valence-corrected chi connectivity index (χ3v) is 4.12. The molecule has 0 bridgehead atoms. The Morgan fingerprint density at radius 1 is 1.17 bits per heavy atom. The molecule has 0 aliphatic carbocycles. The van der Waals surface area contributed by atoms with Crippen molar-refractivity contribution in [1.82, 2.24) is 0 Å². The predicted octanol–water partition coefficient (Wildman–Crippen LogP) is 3.64. The highest BCUT2D eigenvalue weighted by molar-refractivity contribution is 7.09. The molecular weight excluding hydrogens is 245 g/mol. The number of hydrogen-bond acceptors (Lipinski definition) is 2. The van der Waals surface area contributed by atoms with Gasteiger partial charge in [-0.3, -0.25) is 0 Å². The first-order chi connectivity index (χ1) is 8.79. The fraction of sp³-hybridized carbons (Fsp3) is 0.333. The Kier molecular flexibility index (Phi) is 4.90. The first kappa shape index (κ1) is 13.2. The van der Waals surface area contributed by atoms with Crippen LogP contribution in [0, 0.1) is 11.7 Å². The molecule has 18 heavy (non-hydrogen) atoms. The number of benzene rings is 1. The van der Waals surface area contributed by atoms with Gasteiger partial charge in [0.15, 0.2) is 0 Å². The standard InChI is InChI=1S/C15H18FNS/c16-15-6-2-1-4-13(15)10-12(11-17)7-8-14-5-3-9-18-14/h1-6,9,12H,7-8,10-11,17H2. The topological polar surface area (TPSA) is 26.0 Å². The highest BCUT2D eigenvalue weighted by atomic mass is 32.1. The van der Waals surface area contributed by atoms with Crippen LogP contribution in [0.2, 0.25) is 0 Å². The van der Waals surface area contributed by atoms with E-state index < -0.39 is 0 Å². The van der Waals surface area contributed by atoms with Gasteiger partial charge in [0.1, 0.15) is 5.82 Å². The van der Waals surface area contributed by atoms with E-state index in [9.17, 15) is 4.39 Å². The molecule has 2 rings (SSSR count). The normalized spacial score (nSPS) is 12.6. The van der Waals surface area contributed by atoms with Gasteiger partial charge in [-0.05, 0) is 54.8 Å². The average Bonchev–Trinajstić information content (AvgIpc) is 2.90. The molecule has 0 amide bonds. The molecule has 1 atom stereocenters. The van der Waals surface area contributed by atoms with Gasteiger partial charge in [-0.2, -0.15) is 0 Å². The van der Waals surface area contributed by atoms with Gasteiger partial charge in [0.05, 0.1) is 0 Å². The molecule has 0 aliphatic rings. The second-order valence-electron chi connectivity index (χ2n) is 4.52. The molecule has 0 spiro atoms. The minimum atomic E-state index is -0.118. The summed E-state index contributed by atoms with van der Waals surface area (Å²) in [4.78, 5) is 1.38. The van der Waals surface area contributed by atoms with Gasteiger partial charge in [0.25, 0.3) is 0 Å². The maximum atomic E-state index is 13.6. The van der Waals surface area contributed by atoms with Gasteiger partial charge in [0.2, 0.25) is 0 Å². The number of halogens is 1. The Hall–Kier alpha value is -1.19. The third kappa shape index (κ3) is 3.65. The Morgan fingerprint density at radius 2 is 2.00 bits per heavy atom. The largest absolute Gasteiger partial charge is 0.330 e. The fourth-order valence-corrected chi connectivity index (χ4v) is 2.80. The smallest absolute Gasteiger partial charge is 0.126 e. The van der Waals surface area contributed by atoms with Crippen LogP contribution < -0.4 is 5.73 Å². The van der Waals surface area contributed by atoms with Crippen molar-refractivity contribution in [2.45, 2.75) is 19.3 Å². The van der Waals surface area contributed by atoms with Crippen LogP contribution in [0.15, 0.2) is 41.8 Å². The van der Waals surface area contributed by atoms with Crippen molar-refractivity contribution in [2.24, 2.45) is 11.7 Å². The number of thiophene rings is 1. The summed E-state index contributed by atoms with van der Waals surface area (Å²) in [5, 5.41) is 2.09. The van der Waals surface area contributed by atoms with Gasteiger partial charge in [-0.25, -0.2) is 4.39 Å². The highest BCUT2D eigenvalue weighted by Gasteiger charge is 2.11. The van der Waals surface area contributed by atoms with Crippen molar-refractivity contribution in [1.29, 1.82) is 0 Å². The molecular formula is C15H18FNS. The summed E-state index contributed by atoms with van der Waals surface area (Å²) < 4.78 is 13.6. The van der Waals surface area contributed by atoms with Crippen molar-refractivity contribution in [3.05, 3.63) is 58.0 Å². The van der Waals surface area contributed by atoms with E-state index in [0.717, 1.165) is 24.8 Å². The maximum absolute atomic E-state index is 13.6. The molecule has 1 nitrogen and oxygen atoms in total. The molecule has 2 aromatic rings. The second-order valence-corrected chi connectivity index (χ2v) is 5.55. The van der Waals surface area contributed by atoms with E-state index in [4.69, 9.17) is 5.73 Å². The fourth-order valence-electron chi connectivity index (χ4n) is 2.08. The van der Waals surface area contributed by atoms with Crippen LogP contribution in [-0.4, -0.2) is 6.54 Å². The van der Waals surface area contributed by atoms with E-state index in [1.807, 2.05) is 12.1 Å². The van der Waals surface area contributed by atoms with E-state index in [1.165, 1.54) is 10.9 Å². The zero-order valence-electron chi connectivity index (χ0n) is 10.3. The lowest BCUT2D eigenvalue weighted by Gasteiger charge is -2.14. The van der Waals surface area contributed by atoms with Crippen LogP contribution in [-0.2, 0) is 12.8 Å². The van der Waals surface area contributed by atoms with Crippen LogP contribution in [0.1, 0.15) is 16.9 Å². The summed E-state index contributed by atoms with van der Waals surface area (Å²) >= 11 is 1.77. The van der Waals surface area contributed by atoms with Crippen LogP contribution in [0.4, 0.5) is 4.39 Å². The molecule has 1 heterocycles. The molecule has 1 aromatic heterocycles. The molecule has 2 N–H and O–H groups in total. The van der Waals surface area contributed by atoms with Gasteiger partial charge < -0.3 is 5.73 Å². The quantitative estimate of drug-likeness (QED) is 0.846. The first-order valence-corrected chi connectivity index (χ1v) is 7.13. The second kappa shape index (κ2) is 6.66. The van der Waals surface area contributed by atoms with E-state index in [2.05, 4.69) is 17.5 Å². The Morgan fingerprint density at radius 3 is 2.67 bits per heavy atom. The number of nitrogens with two attached hydrogens (primary N) is 1. The monoisotopic (exact) mass is 263 g/mol. The molecule has 3 heteroatoms. The van der Waals surface area contributed by atoms with Gasteiger partial charge in [-0.15, -0.1) is 11.3 Å². The van der Waals surface area contributed by atoms with Gasteiger partial charge in [0, 0.05) is 4.88 Å². The zero-order valence-corrected chi connectivity index (χ0v) is 11.1. The van der Waals surface area contributed by atoms with E-state index in [1.54, 1.807) is 17.4 Å². The molecule has 0 aliphatic heterocycles. The Bertz CT molecular complexity index is 467. The molecule has 0 radical (unpaired) electrons.